The number of hydrogen-bond acceptors (Lipinski definition) is 5. The van der Waals surface area contributed by atoms with Crippen LogP contribution in [0.1, 0.15) is 31.6 Å². The Morgan fingerprint density at radius 1 is 1.13 bits per heavy atom. The van der Waals surface area contributed by atoms with Gasteiger partial charge in [0, 0.05) is 15.5 Å². The van der Waals surface area contributed by atoms with Gasteiger partial charge in [-0.2, -0.15) is 0 Å². The highest BCUT2D eigenvalue weighted by molar-refractivity contribution is 8.00. The molecule has 156 valence electrons. The first-order chi connectivity index (χ1) is 14.3. The van der Waals surface area contributed by atoms with Crippen molar-refractivity contribution in [3.8, 4) is 0 Å². The van der Waals surface area contributed by atoms with E-state index >= 15 is 0 Å². The second-order valence-electron chi connectivity index (χ2n) is 9.16. The largest absolute Gasteiger partial charge is 0.307 e. The first-order valence-corrected chi connectivity index (χ1v) is 12.1. The van der Waals surface area contributed by atoms with Gasteiger partial charge in [0.15, 0.2) is 0 Å². The van der Waals surface area contributed by atoms with Gasteiger partial charge in [-0.25, -0.2) is 4.39 Å². The third-order valence-corrected chi connectivity index (χ3v) is 10.8. The molecule has 2 bridgehead atoms. The molecule has 1 saturated heterocycles. The smallest absolute Gasteiger partial charge is 0.305 e. The lowest BCUT2D eigenvalue weighted by Crippen LogP contribution is -2.49. The fourth-order valence-corrected chi connectivity index (χ4v) is 9.93. The summed E-state index contributed by atoms with van der Waals surface area (Å²) in [5.74, 6) is -0.770. The van der Waals surface area contributed by atoms with Crippen molar-refractivity contribution in [3.63, 3.8) is 0 Å². The Bertz CT molecular complexity index is 1140. The molecular formula is C22H21FN2O3S2. The predicted molar refractivity (Wildman–Crippen MR) is 113 cm³/mol. The highest BCUT2D eigenvalue weighted by atomic mass is 32.2. The van der Waals surface area contributed by atoms with Crippen molar-refractivity contribution in [2.24, 2.45) is 29.6 Å². The first kappa shape index (κ1) is 18.8. The van der Waals surface area contributed by atoms with Gasteiger partial charge in [-0.3, -0.25) is 19.3 Å². The molecule has 0 radical (unpaired) electrons. The number of rotatable bonds is 2. The lowest BCUT2D eigenvalue weighted by molar-refractivity contribution is -0.123. The van der Waals surface area contributed by atoms with Gasteiger partial charge >= 0.3 is 4.87 Å². The maximum Gasteiger partial charge on any atom is 0.305 e. The number of halogens is 1. The lowest BCUT2D eigenvalue weighted by Gasteiger charge is -2.48. The fourth-order valence-electron chi connectivity index (χ4n) is 6.74. The number of anilines is 1. The highest BCUT2D eigenvalue weighted by Crippen LogP contribution is 2.69. The molecule has 3 heterocycles. The summed E-state index contributed by atoms with van der Waals surface area (Å²) in [6, 6.07) is 5.59. The van der Waals surface area contributed by atoms with Crippen LogP contribution in [0.5, 0.6) is 0 Å². The minimum atomic E-state index is -0.389. The van der Waals surface area contributed by atoms with Crippen LogP contribution in [0.4, 0.5) is 10.1 Å². The average molecular weight is 445 g/mol. The van der Waals surface area contributed by atoms with Crippen molar-refractivity contribution < 1.29 is 14.0 Å². The number of benzene rings is 1. The van der Waals surface area contributed by atoms with Gasteiger partial charge < -0.3 is 4.98 Å². The highest BCUT2D eigenvalue weighted by Gasteiger charge is 2.71. The van der Waals surface area contributed by atoms with E-state index in [1.807, 2.05) is 0 Å². The van der Waals surface area contributed by atoms with Crippen molar-refractivity contribution >= 4 is 40.6 Å². The fraction of sp³-hybridized carbons (Fsp3) is 0.500. The van der Waals surface area contributed by atoms with Gasteiger partial charge in [-0.1, -0.05) is 25.2 Å². The zero-order valence-electron chi connectivity index (χ0n) is 16.6. The maximum atomic E-state index is 13.4. The number of amides is 2. The molecular weight excluding hydrogens is 423 g/mol. The van der Waals surface area contributed by atoms with E-state index in [1.165, 1.54) is 40.5 Å². The van der Waals surface area contributed by atoms with E-state index in [1.54, 1.807) is 11.8 Å². The Morgan fingerprint density at radius 2 is 1.80 bits per heavy atom. The number of imide groups is 1. The van der Waals surface area contributed by atoms with E-state index in [2.05, 4.69) is 18.8 Å². The standard InChI is InChI=1S/C22H21FN2O3S2/c1-3-22(2)15-11-8-12(16(15)29-18-17(22)30-21(28)24-18)14-13(11)19(26)25(20(14)27)10-6-4-9(23)5-7-10/h4-7,11-16H,3,8H2,1-2H3,(H,24,28)/t11-,12-,13?,14?,15?,16?,22-/m0/s1. The number of aromatic nitrogens is 1. The summed E-state index contributed by atoms with van der Waals surface area (Å²) in [6.07, 6.45) is 1.78. The second kappa shape index (κ2) is 6.07. The summed E-state index contributed by atoms with van der Waals surface area (Å²) in [5.41, 5.74) is 0.282. The van der Waals surface area contributed by atoms with Crippen LogP contribution in [0, 0.1) is 35.4 Å². The van der Waals surface area contributed by atoms with E-state index in [0.29, 0.717) is 5.69 Å². The zero-order chi connectivity index (χ0) is 20.9. The molecule has 3 fully saturated rings. The van der Waals surface area contributed by atoms with Gasteiger partial charge in [-0.15, -0.1) is 11.8 Å². The van der Waals surface area contributed by atoms with Crippen LogP contribution in [0.25, 0.3) is 0 Å². The van der Waals surface area contributed by atoms with Gasteiger partial charge in [0.25, 0.3) is 0 Å². The summed E-state index contributed by atoms with van der Waals surface area (Å²) in [5, 5.41) is 1.18. The molecule has 2 aromatic rings. The molecule has 4 aliphatic rings. The van der Waals surface area contributed by atoms with Crippen LogP contribution >= 0.6 is 23.1 Å². The molecule has 1 aromatic heterocycles. The van der Waals surface area contributed by atoms with Crippen LogP contribution < -0.4 is 9.77 Å². The molecule has 0 spiro atoms. The van der Waals surface area contributed by atoms with Crippen LogP contribution in [-0.4, -0.2) is 22.0 Å². The molecule has 6 rings (SSSR count). The Balaban J connectivity index is 1.43. The molecule has 2 aliphatic heterocycles. The first-order valence-electron chi connectivity index (χ1n) is 10.4. The quantitative estimate of drug-likeness (QED) is 0.716. The summed E-state index contributed by atoms with van der Waals surface area (Å²) >= 11 is 3.00. The number of hydrogen-bond donors (Lipinski definition) is 1. The average Bonchev–Trinajstić information content (AvgIpc) is 3.44. The Kier molecular flexibility index (Phi) is 3.80. The number of H-pyrrole nitrogens is 1. The molecule has 4 unspecified atom stereocenters. The summed E-state index contributed by atoms with van der Waals surface area (Å²) in [4.78, 5) is 44.3. The van der Waals surface area contributed by atoms with Crippen molar-refractivity contribution in [1.82, 2.24) is 4.98 Å². The van der Waals surface area contributed by atoms with Crippen molar-refractivity contribution in [2.75, 3.05) is 4.90 Å². The maximum absolute atomic E-state index is 13.4. The van der Waals surface area contributed by atoms with Gasteiger partial charge in [-0.05, 0) is 54.9 Å². The van der Waals surface area contributed by atoms with Crippen LogP contribution in [0.3, 0.4) is 0 Å². The van der Waals surface area contributed by atoms with Crippen molar-refractivity contribution in [3.05, 3.63) is 44.6 Å². The number of carbonyl (C=O) groups is 2. The number of thiazole rings is 1. The van der Waals surface area contributed by atoms with E-state index < -0.39 is 0 Å². The molecule has 1 N–H and O–H groups in total. The number of thioether (sulfide) groups is 1. The number of aromatic amines is 1. The summed E-state index contributed by atoms with van der Waals surface area (Å²) in [7, 11) is 0. The van der Waals surface area contributed by atoms with Crippen LogP contribution in [-0.2, 0) is 15.0 Å². The molecule has 2 amide bonds. The van der Waals surface area contributed by atoms with Gasteiger partial charge in [0.1, 0.15) is 5.82 Å². The monoisotopic (exact) mass is 444 g/mol. The Hall–Kier alpha value is -1.93. The van der Waals surface area contributed by atoms with E-state index in [-0.39, 0.29) is 62.8 Å². The second-order valence-corrected chi connectivity index (χ2v) is 11.3. The Morgan fingerprint density at radius 3 is 2.47 bits per heavy atom. The molecule has 30 heavy (non-hydrogen) atoms. The Labute approximate surface area is 181 Å². The molecule has 1 aromatic carbocycles. The number of fused-ring (bicyclic) bond motifs is 9. The minimum Gasteiger partial charge on any atom is -0.307 e. The van der Waals surface area contributed by atoms with Crippen LogP contribution in [0.15, 0.2) is 34.1 Å². The van der Waals surface area contributed by atoms with Crippen molar-refractivity contribution in [1.29, 1.82) is 0 Å². The van der Waals surface area contributed by atoms with E-state index in [9.17, 15) is 18.8 Å². The summed E-state index contributed by atoms with van der Waals surface area (Å²) < 4.78 is 13.4. The predicted octanol–water partition coefficient (Wildman–Crippen LogP) is 3.79. The van der Waals surface area contributed by atoms with Gasteiger partial charge in [0.05, 0.1) is 22.5 Å². The SMILES string of the molecule is CC[C@]1(C)c2sc(=O)[nH]c2SC2C1[C@H]1C[C@H]2C2C(=O)N(c3ccc(F)cc3)C(=O)C21. The molecule has 8 heteroatoms. The number of carbonyl (C=O) groups excluding carboxylic acids is 2. The number of nitrogens with one attached hydrogen (secondary N) is 1. The zero-order valence-corrected chi connectivity index (χ0v) is 18.2. The third kappa shape index (κ3) is 2.16. The topological polar surface area (TPSA) is 70.2 Å². The third-order valence-electron chi connectivity index (χ3n) is 8.05. The molecule has 5 nitrogen and oxygen atoms in total. The molecule has 2 saturated carbocycles. The minimum absolute atomic E-state index is 0.0330. The lowest BCUT2D eigenvalue weighted by atomic mass is 9.62. The summed E-state index contributed by atoms with van der Waals surface area (Å²) in [6.45, 7) is 4.37. The van der Waals surface area contributed by atoms with E-state index in [4.69, 9.17) is 0 Å². The normalized spacial score (nSPS) is 38.7. The van der Waals surface area contributed by atoms with Crippen molar-refractivity contribution in [2.45, 2.75) is 42.4 Å². The van der Waals surface area contributed by atoms with Gasteiger partial charge in [0.2, 0.25) is 11.8 Å². The van der Waals surface area contributed by atoms with E-state index in [0.717, 1.165) is 22.7 Å². The molecule has 7 atom stereocenters. The molecule has 2 aliphatic carbocycles. The van der Waals surface area contributed by atoms with Crippen LogP contribution in [0.2, 0.25) is 0 Å². The number of nitrogens with zero attached hydrogens (tertiary/aromatic N) is 1.